The average molecular weight is 384 g/mol. The number of quaternary nitrogens is 1. The number of hydrogen-bond acceptors (Lipinski definition) is 6. The number of carbonyl (C=O) groups is 1. The van der Waals surface area contributed by atoms with E-state index in [9.17, 15) is 10.0 Å². The lowest BCUT2D eigenvalue weighted by molar-refractivity contribution is -0.825. The van der Waals surface area contributed by atoms with E-state index in [4.69, 9.17) is 5.11 Å². The van der Waals surface area contributed by atoms with Crippen LogP contribution < -0.4 is 16.3 Å². The van der Waals surface area contributed by atoms with Crippen molar-refractivity contribution in [3.63, 3.8) is 0 Å². The number of amidine groups is 1. The number of aliphatic imine (C=N–C) groups is 1. The van der Waals surface area contributed by atoms with Gasteiger partial charge in [0, 0.05) is 34.8 Å². The predicted octanol–water partition coefficient (Wildman–Crippen LogP) is 1.37. The largest absolute Gasteiger partial charge is 0.481 e. The van der Waals surface area contributed by atoms with Gasteiger partial charge in [-0.25, -0.2) is 15.6 Å². The van der Waals surface area contributed by atoms with Crippen molar-refractivity contribution in [2.45, 2.75) is 5.50 Å². The molecular formula is C18H18N5O3S+. The molecule has 2 heterocycles. The van der Waals surface area contributed by atoms with Crippen molar-refractivity contribution >= 4 is 40.2 Å². The first-order valence-corrected chi connectivity index (χ1v) is 9.31. The molecule has 3 aromatic rings. The zero-order valence-electron chi connectivity index (χ0n) is 14.1. The number of nitrogens with two attached hydrogens (primary N) is 1. The fourth-order valence-corrected chi connectivity index (χ4v) is 3.67. The van der Waals surface area contributed by atoms with Crippen LogP contribution >= 0.6 is 11.8 Å². The molecule has 1 aliphatic rings. The molecule has 0 bridgehead atoms. The summed E-state index contributed by atoms with van der Waals surface area (Å²) in [6, 6.07) is 13.8. The maximum absolute atomic E-state index is 10.7. The molecule has 8 nitrogen and oxygen atoms in total. The summed E-state index contributed by atoms with van der Waals surface area (Å²) >= 11 is 1.18. The zero-order valence-corrected chi connectivity index (χ0v) is 15.0. The van der Waals surface area contributed by atoms with Gasteiger partial charge in [0.15, 0.2) is 11.2 Å². The van der Waals surface area contributed by atoms with Crippen LogP contribution in [0.3, 0.4) is 0 Å². The van der Waals surface area contributed by atoms with Gasteiger partial charge in [0.2, 0.25) is 0 Å². The van der Waals surface area contributed by atoms with Crippen LogP contribution in [0.1, 0.15) is 5.56 Å². The van der Waals surface area contributed by atoms with Crippen molar-refractivity contribution in [1.29, 1.82) is 0 Å². The number of aliphatic carboxylic acids is 1. The summed E-state index contributed by atoms with van der Waals surface area (Å²) in [5.74, 6) is -0.324. The maximum Gasteiger partial charge on any atom is 0.313 e. The van der Waals surface area contributed by atoms with Crippen LogP contribution in [0.4, 0.5) is 5.69 Å². The second kappa shape index (κ2) is 7.41. The third-order valence-electron chi connectivity index (χ3n) is 4.21. The summed E-state index contributed by atoms with van der Waals surface area (Å²) in [6.45, 7) is 0. The Morgan fingerprint density at radius 1 is 1.22 bits per heavy atom. The average Bonchev–Trinajstić information content (AvgIpc) is 3.35. The van der Waals surface area contributed by atoms with Gasteiger partial charge in [-0.15, -0.1) is 11.8 Å². The molecule has 0 aliphatic carbocycles. The van der Waals surface area contributed by atoms with Gasteiger partial charge < -0.3 is 15.5 Å². The van der Waals surface area contributed by atoms with E-state index >= 15 is 0 Å². The van der Waals surface area contributed by atoms with Gasteiger partial charge in [0.05, 0.1) is 5.75 Å². The molecule has 0 amide bonds. The third-order valence-corrected chi connectivity index (χ3v) is 5.16. The van der Waals surface area contributed by atoms with Crippen LogP contribution in [-0.2, 0) is 4.79 Å². The summed E-state index contributed by atoms with van der Waals surface area (Å²) in [5.41, 5.74) is 11.1. The Morgan fingerprint density at radius 3 is 2.89 bits per heavy atom. The van der Waals surface area contributed by atoms with Gasteiger partial charge in [0.25, 0.3) is 0 Å². The van der Waals surface area contributed by atoms with E-state index in [1.54, 1.807) is 0 Å². The molecule has 0 radical (unpaired) electrons. The molecule has 0 fully saturated rings. The first kappa shape index (κ1) is 17.6. The molecule has 1 aromatic heterocycles. The molecule has 27 heavy (non-hydrogen) atoms. The number of H-pyrrole nitrogens is 1. The summed E-state index contributed by atoms with van der Waals surface area (Å²) in [4.78, 5) is 18.4. The number of aromatic nitrogens is 1. The zero-order chi connectivity index (χ0) is 18.8. The highest BCUT2D eigenvalue weighted by molar-refractivity contribution is 8.00. The van der Waals surface area contributed by atoms with E-state index in [1.165, 1.54) is 11.8 Å². The number of hydrogen-bond donors (Lipinski definition) is 6. The number of benzene rings is 2. The minimum absolute atomic E-state index is 0.0404. The van der Waals surface area contributed by atoms with Crippen molar-refractivity contribution in [2.75, 3.05) is 5.75 Å². The van der Waals surface area contributed by atoms with Crippen LogP contribution in [0.5, 0.6) is 0 Å². The van der Waals surface area contributed by atoms with Gasteiger partial charge in [-0.3, -0.25) is 4.79 Å². The van der Waals surface area contributed by atoms with Gasteiger partial charge in [-0.05, 0) is 29.3 Å². The summed E-state index contributed by atoms with van der Waals surface area (Å²) < 4.78 is 0. The SMILES string of the molecule is O=C(O)CSC1N=C(c2cc([NH2+]O)cc(-c3cccc4[nH]ccc34)c2)NN1. The summed E-state index contributed by atoms with van der Waals surface area (Å²) in [7, 11) is 0. The molecule has 0 saturated heterocycles. The lowest BCUT2D eigenvalue weighted by Gasteiger charge is -2.09. The van der Waals surface area contributed by atoms with Crippen LogP contribution in [0.25, 0.3) is 22.0 Å². The fourth-order valence-electron chi connectivity index (χ4n) is 3.04. The van der Waals surface area contributed by atoms with Crippen molar-refractivity contribution in [3.8, 4) is 11.1 Å². The Kier molecular flexibility index (Phi) is 4.82. The second-order valence-electron chi connectivity index (χ2n) is 6.02. The van der Waals surface area contributed by atoms with Crippen LogP contribution in [-0.4, -0.2) is 38.4 Å². The van der Waals surface area contributed by atoms with Crippen LogP contribution in [0.2, 0.25) is 0 Å². The number of carboxylic acids is 1. The molecule has 0 saturated carbocycles. The summed E-state index contributed by atoms with van der Waals surface area (Å²) in [6.07, 6.45) is 1.90. The Labute approximate surface area is 158 Å². The van der Waals surface area contributed by atoms with Gasteiger partial charge >= 0.3 is 5.97 Å². The smallest absolute Gasteiger partial charge is 0.313 e. The number of hydrazine groups is 1. The number of aromatic amines is 1. The van der Waals surface area contributed by atoms with E-state index in [1.807, 2.05) is 48.7 Å². The minimum atomic E-state index is -0.885. The highest BCUT2D eigenvalue weighted by Crippen LogP contribution is 2.30. The number of carboxylic acid groups (broad SMARTS) is 1. The van der Waals surface area contributed by atoms with E-state index in [2.05, 4.69) is 20.8 Å². The van der Waals surface area contributed by atoms with E-state index in [0.717, 1.165) is 33.1 Å². The van der Waals surface area contributed by atoms with Crippen LogP contribution in [0, 0.1) is 0 Å². The van der Waals surface area contributed by atoms with E-state index in [0.29, 0.717) is 11.5 Å². The first-order chi connectivity index (χ1) is 13.1. The van der Waals surface area contributed by atoms with E-state index < -0.39 is 5.97 Å². The number of rotatable bonds is 6. The lowest BCUT2D eigenvalue weighted by atomic mass is 9.98. The Bertz CT molecular complexity index is 1030. The Hall–Kier alpha value is -2.85. The molecular weight excluding hydrogens is 366 g/mol. The van der Waals surface area contributed by atoms with Crippen molar-refractivity contribution in [3.05, 3.63) is 54.2 Å². The van der Waals surface area contributed by atoms with Gasteiger partial charge in [-0.1, -0.05) is 12.1 Å². The normalized spacial score (nSPS) is 16.3. The summed E-state index contributed by atoms with van der Waals surface area (Å²) in [5, 5.41) is 19.5. The number of fused-ring (bicyclic) bond motifs is 1. The van der Waals surface area contributed by atoms with Crippen LogP contribution in [0.15, 0.2) is 53.7 Å². The predicted molar refractivity (Wildman–Crippen MR) is 104 cm³/mol. The molecule has 1 unspecified atom stereocenters. The highest BCUT2D eigenvalue weighted by atomic mass is 32.2. The molecule has 4 rings (SSSR count). The molecule has 2 aromatic carbocycles. The standard InChI is InChI=1S/C18H17N5O3S/c24-16(25)9-27-18-20-17(21-22-18)11-6-10(7-12(8-11)23-26)13-2-1-3-15-14(13)4-5-19-15/h1-8,18-19,22-23,26H,9H2,(H,20,21)(H,24,25)/p+1. The monoisotopic (exact) mass is 384 g/mol. The first-order valence-electron chi connectivity index (χ1n) is 8.26. The maximum atomic E-state index is 10.7. The molecule has 0 spiro atoms. The molecule has 138 valence electrons. The number of thioether (sulfide) groups is 1. The number of nitrogens with zero attached hydrogens (tertiary/aromatic N) is 1. The molecule has 9 heteroatoms. The van der Waals surface area contributed by atoms with E-state index in [-0.39, 0.29) is 11.3 Å². The molecule has 1 atom stereocenters. The van der Waals surface area contributed by atoms with Crippen molar-refractivity contribution in [2.24, 2.45) is 4.99 Å². The minimum Gasteiger partial charge on any atom is -0.481 e. The quantitative estimate of drug-likeness (QED) is 0.282. The van der Waals surface area contributed by atoms with Crippen molar-refractivity contribution < 1.29 is 20.6 Å². The molecule has 1 aliphatic heterocycles. The van der Waals surface area contributed by atoms with Gasteiger partial charge in [-0.2, -0.15) is 5.48 Å². The second-order valence-corrected chi connectivity index (χ2v) is 7.09. The van der Waals surface area contributed by atoms with Crippen molar-refractivity contribution in [1.82, 2.24) is 15.8 Å². The van der Waals surface area contributed by atoms with Gasteiger partial charge in [0.1, 0.15) is 5.84 Å². The highest BCUT2D eigenvalue weighted by Gasteiger charge is 2.20. The lowest BCUT2D eigenvalue weighted by Crippen LogP contribution is -2.73. The third kappa shape index (κ3) is 3.67. The fraction of sp³-hybridized carbons (Fsp3) is 0.111. The molecule has 7 N–H and O–H groups in total. The topological polar surface area (TPSA) is 126 Å². The Balaban J connectivity index is 1.71. The Morgan fingerprint density at radius 2 is 2.07 bits per heavy atom. The number of nitrogens with one attached hydrogen (secondary N) is 3.